The van der Waals surface area contributed by atoms with Gasteiger partial charge >= 0.3 is 6.18 Å². The molecule has 0 aliphatic carbocycles. The van der Waals surface area contributed by atoms with Gasteiger partial charge in [-0.1, -0.05) is 18.2 Å². The number of alkyl halides is 3. The Morgan fingerprint density at radius 1 is 1.00 bits per heavy atom. The van der Waals surface area contributed by atoms with Crippen molar-refractivity contribution in [3.63, 3.8) is 0 Å². The summed E-state index contributed by atoms with van der Waals surface area (Å²) in [5, 5.41) is 11.0. The third kappa shape index (κ3) is 2.93. The van der Waals surface area contributed by atoms with Crippen molar-refractivity contribution in [2.45, 2.75) is 16.0 Å². The van der Waals surface area contributed by atoms with Gasteiger partial charge in [-0.05, 0) is 24.3 Å². The predicted octanol–water partition coefficient (Wildman–Crippen LogP) is 3.45. The molecular formula is C13H8F3NO4S. The molecule has 0 aliphatic heterocycles. The second-order valence-corrected chi connectivity index (χ2v) is 6.17. The molecule has 2 rings (SSSR count). The van der Waals surface area contributed by atoms with Crippen LogP contribution < -0.4 is 0 Å². The summed E-state index contributed by atoms with van der Waals surface area (Å²) < 4.78 is 62.5. The molecule has 0 saturated carbocycles. The fraction of sp³-hybridized carbons (Fsp3) is 0.0769. The molecule has 0 spiro atoms. The Hall–Kier alpha value is -2.42. The second kappa shape index (κ2) is 5.41. The second-order valence-electron chi connectivity index (χ2n) is 4.25. The van der Waals surface area contributed by atoms with Gasteiger partial charge in [0.1, 0.15) is 4.90 Å². The lowest BCUT2D eigenvalue weighted by Gasteiger charge is -2.09. The van der Waals surface area contributed by atoms with E-state index < -0.39 is 37.1 Å². The largest absolute Gasteiger partial charge is 0.416 e. The third-order valence-corrected chi connectivity index (χ3v) is 4.64. The predicted molar refractivity (Wildman–Crippen MR) is 70.0 cm³/mol. The van der Waals surface area contributed by atoms with Crippen molar-refractivity contribution in [1.82, 2.24) is 0 Å². The van der Waals surface area contributed by atoms with Crippen molar-refractivity contribution in [2.24, 2.45) is 0 Å². The molecule has 5 nitrogen and oxygen atoms in total. The Morgan fingerprint density at radius 3 is 2.09 bits per heavy atom. The van der Waals surface area contributed by atoms with Gasteiger partial charge in [0.05, 0.1) is 15.4 Å². The maximum absolute atomic E-state index is 12.6. The van der Waals surface area contributed by atoms with E-state index >= 15 is 0 Å². The molecule has 0 aliphatic rings. The molecule has 0 saturated heterocycles. The number of benzene rings is 2. The molecule has 22 heavy (non-hydrogen) atoms. The highest BCUT2D eigenvalue weighted by atomic mass is 32.2. The number of hydrogen-bond acceptors (Lipinski definition) is 4. The molecular weight excluding hydrogens is 323 g/mol. The number of nitrogens with zero attached hydrogens (tertiary/aromatic N) is 1. The number of halogens is 3. The molecule has 0 aromatic heterocycles. The zero-order valence-corrected chi connectivity index (χ0v) is 11.6. The summed E-state index contributed by atoms with van der Waals surface area (Å²) in [6.45, 7) is 0. The molecule has 0 N–H and O–H groups in total. The minimum atomic E-state index is -4.81. The molecule has 0 atom stereocenters. The van der Waals surface area contributed by atoms with Crippen LogP contribution in [0.1, 0.15) is 5.56 Å². The quantitative estimate of drug-likeness (QED) is 0.637. The summed E-state index contributed by atoms with van der Waals surface area (Å²) in [6.07, 6.45) is -4.81. The van der Waals surface area contributed by atoms with Gasteiger partial charge in [0.15, 0.2) is 0 Å². The van der Waals surface area contributed by atoms with Gasteiger partial charge < -0.3 is 0 Å². The monoisotopic (exact) mass is 331 g/mol. The lowest BCUT2D eigenvalue weighted by atomic mass is 10.2. The zero-order valence-electron chi connectivity index (χ0n) is 10.7. The van der Waals surface area contributed by atoms with E-state index in [1.807, 2.05) is 0 Å². The highest BCUT2D eigenvalue weighted by Crippen LogP contribution is 2.36. The van der Waals surface area contributed by atoms with Crippen LogP contribution in [-0.2, 0) is 16.0 Å². The summed E-state index contributed by atoms with van der Waals surface area (Å²) >= 11 is 0. The summed E-state index contributed by atoms with van der Waals surface area (Å²) in [4.78, 5) is 8.79. The first kappa shape index (κ1) is 16.0. The Bertz CT molecular complexity index is 817. The van der Waals surface area contributed by atoms with Crippen molar-refractivity contribution in [3.8, 4) is 0 Å². The number of sulfone groups is 1. The van der Waals surface area contributed by atoms with Crippen LogP contribution in [0.3, 0.4) is 0 Å². The highest BCUT2D eigenvalue weighted by molar-refractivity contribution is 7.91. The Labute approximate surface area is 123 Å². The van der Waals surface area contributed by atoms with E-state index in [4.69, 9.17) is 0 Å². The molecule has 0 amide bonds. The van der Waals surface area contributed by atoms with E-state index in [9.17, 15) is 31.7 Å². The van der Waals surface area contributed by atoms with Crippen molar-refractivity contribution < 1.29 is 26.5 Å². The van der Waals surface area contributed by atoms with Gasteiger partial charge in [-0.2, -0.15) is 13.2 Å². The van der Waals surface area contributed by atoms with Gasteiger partial charge in [-0.15, -0.1) is 0 Å². The van der Waals surface area contributed by atoms with Crippen molar-refractivity contribution in [2.75, 3.05) is 0 Å². The molecule has 9 heteroatoms. The first-order valence-corrected chi connectivity index (χ1v) is 7.28. The molecule has 0 bridgehead atoms. The minimum Gasteiger partial charge on any atom is -0.258 e. The van der Waals surface area contributed by atoms with Crippen LogP contribution in [0, 0.1) is 10.1 Å². The molecule has 2 aromatic carbocycles. The Kier molecular flexibility index (Phi) is 3.92. The third-order valence-electron chi connectivity index (χ3n) is 2.83. The summed E-state index contributed by atoms with van der Waals surface area (Å²) in [5.41, 5.74) is -2.40. The minimum absolute atomic E-state index is 0.218. The van der Waals surface area contributed by atoms with Crippen LogP contribution in [-0.4, -0.2) is 13.3 Å². The normalized spacial score (nSPS) is 12.1. The van der Waals surface area contributed by atoms with Crippen LogP contribution in [0.2, 0.25) is 0 Å². The van der Waals surface area contributed by atoms with Gasteiger partial charge in [-0.25, -0.2) is 8.42 Å². The number of nitro benzene ring substituents is 1. The molecule has 0 radical (unpaired) electrons. The number of hydrogen-bond donors (Lipinski definition) is 0. The van der Waals surface area contributed by atoms with E-state index in [1.165, 1.54) is 24.3 Å². The molecule has 116 valence electrons. The fourth-order valence-electron chi connectivity index (χ4n) is 1.79. The summed E-state index contributed by atoms with van der Waals surface area (Å²) in [6, 6.07) is 8.08. The smallest absolute Gasteiger partial charge is 0.258 e. The lowest BCUT2D eigenvalue weighted by Crippen LogP contribution is -2.10. The lowest BCUT2D eigenvalue weighted by molar-refractivity contribution is -0.388. The van der Waals surface area contributed by atoms with Crippen molar-refractivity contribution in [1.29, 1.82) is 0 Å². The van der Waals surface area contributed by atoms with Gasteiger partial charge in [0.25, 0.3) is 5.69 Å². The fourth-order valence-corrected chi connectivity index (χ4v) is 3.22. The topological polar surface area (TPSA) is 77.3 Å². The standard InChI is InChI=1S/C13H8F3NO4S/c14-13(15,16)9-6-7-12(11(8-9)17(18)19)22(20,21)10-4-2-1-3-5-10/h1-8H. The molecule has 0 heterocycles. The molecule has 0 fully saturated rings. The summed E-state index contributed by atoms with van der Waals surface area (Å²) in [5.74, 6) is 0. The van der Waals surface area contributed by atoms with Gasteiger partial charge in [-0.3, -0.25) is 10.1 Å². The average Bonchev–Trinajstić information content (AvgIpc) is 2.46. The van der Waals surface area contributed by atoms with E-state index in [2.05, 4.69) is 0 Å². The van der Waals surface area contributed by atoms with Crippen LogP contribution in [0.4, 0.5) is 18.9 Å². The van der Waals surface area contributed by atoms with Crippen LogP contribution in [0.15, 0.2) is 58.3 Å². The molecule has 2 aromatic rings. The Morgan fingerprint density at radius 2 is 1.59 bits per heavy atom. The maximum atomic E-state index is 12.6. The Balaban J connectivity index is 2.69. The van der Waals surface area contributed by atoms with E-state index in [1.54, 1.807) is 6.07 Å². The van der Waals surface area contributed by atoms with Gasteiger partial charge in [0.2, 0.25) is 9.84 Å². The van der Waals surface area contributed by atoms with E-state index in [-0.39, 0.29) is 11.0 Å². The zero-order chi connectivity index (χ0) is 16.5. The molecule has 0 unspecified atom stereocenters. The van der Waals surface area contributed by atoms with Crippen molar-refractivity contribution >= 4 is 15.5 Å². The first-order valence-electron chi connectivity index (χ1n) is 5.80. The van der Waals surface area contributed by atoms with E-state index in [0.717, 1.165) is 0 Å². The van der Waals surface area contributed by atoms with Crippen LogP contribution in [0.5, 0.6) is 0 Å². The first-order chi connectivity index (χ1) is 10.1. The SMILES string of the molecule is O=[N+]([O-])c1cc(C(F)(F)F)ccc1S(=O)(=O)c1ccccc1. The average molecular weight is 331 g/mol. The number of rotatable bonds is 3. The van der Waals surface area contributed by atoms with Gasteiger partial charge in [0, 0.05) is 6.07 Å². The van der Waals surface area contributed by atoms with Crippen LogP contribution in [0.25, 0.3) is 0 Å². The summed E-state index contributed by atoms with van der Waals surface area (Å²) in [7, 11) is -4.29. The number of nitro groups is 1. The van der Waals surface area contributed by atoms with Crippen molar-refractivity contribution in [3.05, 3.63) is 64.2 Å². The van der Waals surface area contributed by atoms with E-state index in [0.29, 0.717) is 12.1 Å². The highest BCUT2D eigenvalue weighted by Gasteiger charge is 2.35. The maximum Gasteiger partial charge on any atom is 0.416 e. The van der Waals surface area contributed by atoms with Crippen LogP contribution >= 0.6 is 0 Å².